The SMILES string of the molecule is CCOC(=O)/C(C#N)=C/c1cn(CC(=O)Nc2ccccc2)c2ccccc12. The van der Waals surface area contributed by atoms with E-state index in [-0.39, 0.29) is 24.6 Å². The Bertz CT molecular complexity index is 1080. The lowest BCUT2D eigenvalue weighted by molar-refractivity contribution is -0.137. The second-order valence-corrected chi connectivity index (χ2v) is 6.03. The molecule has 2 aromatic carbocycles. The third-order valence-corrected chi connectivity index (χ3v) is 4.11. The molecule has 0 atom stereocenters. The van der Waals surface area contributed by atoms with E-state index in [1.165, 1.54) is 6.08 Å². The first kappa shape index (κ1) is 18.9. The van der Waals surface area contributed by atoms with Crippen molar-refractivity contribution in [1.29, 1.82) is 5.26 Å². The van der Waals surface area contributed by atoms with Gasteiger partial charge in [-0.2, -0.15) is 5.26 Å². The number of hydrogen-bond acceptors (Lipinski definition) is 4. The van der Waals surface area contributed by atoms with E-state index in [1.807, 2.05) is 60.7 Å². The van der Waals surface area contributed by atoms with Crippen LogP contribution >= 0.6 is 0 Å². The van der Waals surface area contributed by atoms with Crippen molar-refractivity contribution < 1.29 is 14.3 Å². The summed E-state index contributed by atoms with van der Waals surface area (Å²) in [6, 6.07) is 18.6. The van der Waals surface area contributed by atoms with E-state index in [1.54, 1.807) is 17.7 Å². The van der Waals surface area contributed by atoms with Crippen LogP contribution in [0.25, 0.3) is 17.0 Å². The molecule has 6 heteroatoms. The number of carbonyl (C=O) groups is 2. The summed E-state index contributed by atoms with van der Waals surface area (Å²) in [6.45, 7) is 1.98. The highest BCUT2D eigenvalue weighted by atomic mass is 16.5. The van der Waals surface area contributed by atoms with Crippen molar-refractivity contribution in [2.24, 2.45) is 0 Å². The summed E-state index contributed by atoms with van der Waals surface area (Å²) < 4.78 is 6.71. The maximum atomic E-state index is 12.4. The second-order valence-electron chi connectivity index (χ2n) is 6.03. The summed E-state index contributed by atoms with van der Waals surface area (Å²) in [5.74, 6) is -0.836. The third kappa shape index (κ3) is 4.27. The number of para-hydroxylation sites is 2. The predicted octanol–water partition coefficient (Wildman–Crippen LogP) is 3.75. The minimum absolute atomic E-state index is 0.0847. The average Bonchev–Trinajstić information content (AvgIpc) is 3.04. The summed E-state index contributed by atoms with van der Waals surface area (Å²) in [4.78, 5) is 24.4. The number of rotatable bonds is 6. The highest BCUT2D eigenvalue weighted by Crippen LogP contribution is 2.24. The van der Waals surface area contributed by atoms with Crippen molar-refractivity contribution in [3.8, 4) is 6.07 Å². The summed E-state index contributed by atoms with van der Waals surface area (Å²) in [5.41, 5.74) is 2.14. The van der Waals surface area contributed by atoms with Gasteiger partial charge in [-0.1, -0.05) is 36.4 Å². The molecule has 0 aliphatic heterocycles. The fourth-order valence-corrected chi connectivity index (χ4v) is 2.90. The van der Waals surface area contributed by atoms with Crippen LogP contribution < -0.4 is 5.32 Å². The predicted molar refractivity (Wildman–Crippen MR) is 107 cm³/mol. The van der Waals surface area contributed by atoms with Crippen molar-refractivity contribution in [3.63, 3.8) is 0 Å². The molecule has 0 saturated carbocycles. The molecule has 0 aliphatic carbocycles. The molecule has 0 aliphatic rings. The number of aromatic nitrogens is 1. The number of esters is 1. The Kier molecular flexibility index (Phi) is 5.87. The van der Waals surface area contributed by atoms with Gasteiger partial charge in [0.15, 0.2) is 0 Å². The monoisotopic (exact) mass is 373 g/mol. The van der Waals surface area contributed by atoms with Gasteiger partial charge in [-0.25, -0.2) is 4.79 Å². The van der Waals surface area contributed by atoms with Crippen LogP contribution in [-0.4, -0.2) is 23.1 Å². The number of hydrogen-bond donors (Lipinski definition) is 1. The number of amides is 1. The standard InChI is InChI=1S/C22H19N3O3/c1-2-28-22(27)16(13-23)12-17-14-25(20-11-7-6-10-19(17)20)15-21(26)24-18-8-4-3-5-9-18/h3-12,14H,2,15H2,1H3,(H,24,26)/b16-12+. The largest absolute Gasteiger partial charge is 0.462 e. The summed E-state index contributed by atoms with van der Waals surface area (Å²) in [5, 5.41) is 13.0. The van der Waals surface area contributed by atoms with Gasteiger partial charge in [-0.3, -0.25) is 4.79 Å². The van der Waals surface area contributed by atoms with Gasteiger partial charge in [0.05, 0.1) is 6.61 Å². The van der Waals surface area contributed by atoms with Gasteiger partial charge in [0.2, 0.25) is 5.91 Å². The quantitative estimate of drug-likeness (QED) is 0.405. The van der Waals surface area contributed by atoms with Crippen molar-refractivity contribution in [2.75, 3.05) is 11.9 Å². The van der Waals surface area contributed by atoms with Gasteiger partial charge in [0.25, 0.3) is 0 Å². The lowest BCUT2D eigenvalue weighted by Gasteiger charge is -2.07. The molecule has 1 heterocycles. The van der Waals surface area contributed by atoms with Gasteiger partial charge in [-0.05, 0) is 31.2 Å². The lowest BCUT2D eigenvalue weighted by atomic mass is 10.1. The van der Waals surface area contributed by atoms with Crippen LogP contribution in [0.2, 0.25) is 0 Å². The summed E-state index contributed by atoms with van der Waals surface area (Å²) in [6.07, 6.45) is 3.25. The zero-order valence-corrected chi connectivity index (χ0v) is 15.4. The van der Waals surface area contributed by atoms with Crippen LogP contribution in [0.1, 0.15) is 12.5 Å². The molecular formula is C22H19N3O3. The van der Waals surface area contributed by atoms with Gasteiger partial charge in [0.1, 0.15) is 18.2 Å². The number of carbonyl (C=O) groups excluding carboxylic acids is 2. The fraction of sp³-hybridized carbons (Fsp3) is 0.136. The lowest BCUT2D eigenvalue weighted by Crippen LogP contribution is -2.18. The number of nitrogens with zero attached hydrogens (tertiary/aromatic N) is 2. The van der Waals surface area contributed by atoms with Crippen molar-refractivity contribution in [3.05, 3.63) is 71.9 Å². The van der Waals surface area contributed by atoms with Crippen LogP contribution in [0.3, 0.4) is 0 Å². The van der Waals surface area contributed by atoms with Gasteiger partial charge in [-0.15, -0.1) is 0 Å². The molecule has 0 spiro atoms. The molecule has 3 aromatic rings. The highest BCUT2D eigenvalue weighted by molar-refractivity contribution is 6.01. The van der Waals surface area contributed by atoms with E-state index in [4.69, 9.17) is 4.74 Å². The Balaban J connectivity index is 1.91. The van der Waals surface area contributed by atoms with Gasteiger partial charge in [0, 0.05) is 28.4 Å². The number of anilines is 1. The van der Waals surface area contributed by atoms with Crippen LogP contribution in [0.15, 0.2) is 66.4 Å². The molecule has 140 valence electrons. The van der Waals surface area contributed by atoms with Gasteiger partial charge >= 0.3 is 5.97 Å². The fourth-order valence-electron chi connectivity index (χ4n) is 2.90. The first-order chi connectivity index (χ1) is 13.6. The summed E-state index contributed by atoms with van der Waals surface area (Å²) >= 11 is 0. The molecule has 1 N–H and O–H groups in total. The maximum Gasteiger partial charge on any atom is 0.348 e. The highest BCUT2D eigenvalue weighted by Gasteiger charge is 2.14. The number of nitrogens with one attached hydrogen (secondary N) is 1. The molecule has 3 rings (SSSR count). The molecule has 1 aromatic heterocycles. The molecular weight excluding hydrogens is 354 g/mol. The first-order valence-corrected chi connectivity index (χ1v) is 8.84. The smallest absolute Gasteiger partial charge is 0.348 e. The molecule has 0 unspecified atom stereocenters. The maximum absolute atomic E-state index is 12.4. The number of fused-ring (bicyclic) bond motifs is 1. The van der Waals surface area contributed by atoms with Gasteiger partial charge < -0.3 is 14.6 Å². The van der Waals surface area contributed by atoms with E-state index in [9.17, 15) is 14.9 Å². The van der Waals surface area contributed by atoms with E-state index in [0.717, 1.165) is 16.6 Å². The van der Waals surface area contributed by atoms with Crippen molar-refractivity contribution >= 4 is 34.5 Å². The van der Waals surface area contributed by atoms with Crippen molar-refractivity contribution in [1.82, 2.24) is 4.57 Å². The average molecular weight is 373 g/mol. The van der Waals surface area contributed by atoms with Crippen LogP contribution in [0, 0.1) is 11.3 Å². The minimum Gasteiger partial charge on any atom is -0.462 e. The Morgan fingerprint density at radius 2 is 1.86 bits per heavy atom. The van der Waals surface area contributed by atoms with E-state index >= 15 is 0 Å². The Morgan fingerprint density at radius 3 is 2.57 bits per heavy atom. The molecule has 6 nitrogen and oxygen atoms in total. The molecule has 28 heavy (non-hydrogen) atoms. The Hall–Kier alpha value is -3.85. The Morgan fingerprint density at radius 1 is 1.14 bits per heavy atom. The van der Waals surface area contributed by atoms with E-state index in [2.05, 4.69) is 5.32 Å². The molecule has 1 amide bonds. The zero-order chi connectivity index (χ0) is 19.9. The van der Waals surface area contributed by atoms with Crippen LogP contribution in [0.4, 0.5) is 5.69 Å². The van der Waals surface area contributed by atoms with Crippen molar-refractivity contribution in [2.45, 2.75) is 13.5 Å². The number of benzene rings is 2. The van der Waals surface area contributed by atoms with E-state index < -0.39 is 5.97 Å². The molecule has 0 radical (unpaired) electrons. The van der Waals surface area contributed by atoms with E-state index in [0.29, 0.717) is 5.56 Å². The molecule has 0 fully saturated rings. The van der Waals surface area contributed by atoms with Crippen LogP contribution in [-0.2, 0) is 20.9 Å². The summed E-state index contributed by atoms with van der Waals surface area (Å²) in [7, 11) is 0. The first-order valence-electron chi connectivity index (χ1n) is 8.84. The minimum atomic E-state index is -0.663. The molecule has 0 saturated heterocycles. The normalized spacial score (nSPS) is 11.1. The zero-order valence-electron chi connectivity index (χ0n) is 15.4. The number of ether oxygens (including phenoxy) is 1. The topological polar surface area (TPSA) is 84.1 Å². The molecule has 0 bridgehead atoms. The third-order valence-electron chi connectivity index (χ3n) is 4.11. The number of nitriles is 1. The second kappa shape index (κ2) is 8.69. The Labute approximate surface area is 162 Å². The van der Waals surface area contributed by atoms with Crippen LogP contribution in [0.5, 0.6) is 0 Å².